The number of piperidine rings is 1. The number of aromatic amines is 1. The number of rotatable bonds is 2. The minimum atomic E-state index is -0.415. The van der Waals surface area contributed by atoms with E-state index in [1.54, 1.807) is 12.3 Å². The van der Waals surface area contributed by atoms with Crippen LogP contribution in [0.1, 0.15) is 31.2 Å². The molecule has 0 spiro atoms. The molecule has 0 bridgehead atoms. The zero-order valence-corrected chi connectivity index (χ0v) is 15.1. The van der Waals surface area contributed by atoms with Crippen molar-refractivity contribution in [2.75, 3.05) is 18.0 Å². The van der Waals surface area contributed by atoms with Crippen LogP contribution >= 0.6 is 11.6 Å². The molecule has 9 heteroatoms. The first-order chi connectivity index (χ1) is 12.4. The maximum atomic E-state index is 11.6. The van der Waals surface area contributed by atoms with E-state index >= 15 is 0 Å². The average Bonchev–Trinajstić information content (AvgIpc) is 3.01. The molecule has 2 aliphatic rings. The van der Waals surface area contributed by atoms with Crippen molar-refractivity contribution in [3.8, 4) is 5.75 Å². The fourth-order valence-electron chi connectivity index (χ4n) is 3.03. The van der Waals surface area contributed by atoms with Gasteiger partial charge in [0.15, 0.2) is 5.75 Å². The van der Waals surface area contributed by atoms with Crippen LogP contribution in [0.2, 0.25) is 5.02 Å². The highest BCUT2D eigenvalue weighted by Gasteiger charge is 2.28. The number of nitrogens with one attached hydrogen (secondary N) is 1. The molecule has 2 aromatic rings. The lowest BCUT2D eigenvalue weighted by atomic mass is 9.91. The second-order valence-corrected chi connectivity index (χ2v) is 7.25. The third-order valence-corrected chi connectivity index (χ3v) is 5.07. The van der Waals surface area contributed by atoms with Crippen LogP contribution in [0.3, 0.4) is 0 Å². The Bertz CT molecular complexity index is 929. The van der Waals surface area contributed by atoms with Crippen molar-refractivity contribution in [2.45, 2.75) is 31.8 Å². The first kappa shape index (κ1) is 17.0. The molecule has 4 rings (SSSR count). The fraction of sp³-hybridized carbons (Fsp3) is 0.412. The molecule has 0 amide bonds. The molecule has 4 heterocycles. The van der Waals surface area contributed by atoms with Gasteiger partial charge in [-0.05, 0) is 25.8 Å². The van der Waals surface area contributed by atoms with Gasteiger partial charge in [0.25, 0.3) is 5.56 Å². The van der Waals surface area contributed by atoms with Crippen molar-refractivity contribution >= 4 is 23.3 Å². The Labute approximate surface area is 155 Å². The number of nitrogens with two attached hydrogens (primary N) is 1. The average molecular weight is 375 g/mol. The maximum Gasteiger partial charge on any atom is 0.270 e. The highest BCUT2D eigenvalue weighted by Crippen LogP contribution is 2.26. The van der Waals surface area contributed by atoms with E-state index in [4.69, 9.17) is 22.1 Å². The minimum Gasteiger partial charge on any atom is -0.435 e. The number of aliphatic imine (C=N–C) groups is 1. The Kier molecular flexibility index (Phi) is 4.16. The Morgan fingerprint density at radius 2 is 2.15 bits per heavy atom. The van der Waals surface area contributed by atoms with Crippen LogP contribution in [0.25, 0.3) is 0 Å². The van der Waals surface area contributed by atoms with Crippen molar-refractivity contribution in [2.24, 2.45) is 10.7 Å². The summed E-state index contributed by atoms with van der Waals surface area (Å²) in [5.41, 5.74) is 6.99. The molecule has 0 aromatic carbocycles. The monoisotopic (exact) mass is 374 g/mol. The second kappa shape index (κ2) is 6.37. The summed E-state index contributed by atoms with van der Waals surface area (Å²) in [7, 11) is 0. The van der Waals surface area contributed by atoms with Crippen LogP contribution in [-0.4, -0.2) is 39.5 Å². The minimum absolute atomic E-state index is 0.0219. The van der Waals surface area contributed by atoms with Gasteiger partial charge in [-0.3, -0.25) is 4.79 Å². The van der Waals surface area contributed by atoms with Crippen molar-refractivity contribution < 1.29 is 4.74 Å². The van der Waals surface area contributed by atoms with Crippen LogP contribution < -0.4 is 20.9 Å². The van der Waals surface area contributed by atoms with E-state index in [1.807, 2.05) is 0 Å². The van der Waals surface area contributed by atoms with E-state index in [9.17, 15) is 4.79 Å². The Balaban J connectivity index is 1.53. The molecule has 0 aliphatic carbocycles. The lowest BCUT2D eigenvalue weighted by Gasteiger charge is -2.37. The third-order valence-electron chi connectivity index (χ3n) is 4.71. The molecule has 2 aromatic heterocycles. The van der Waals surface area contributed by atoms with Crippen LogP contribution in [0.4, 0.5) is 5.82 Å². The molecule has 1 saturated heterocycles. The van der Waals surface area contributed by atoms with E-state index in [2.05, 4.69) is 31.8 Å². The number of fused-ring (bicyclic) bond motifs is 1. The number of hydrogen-bond acceptors (Lipinski definition) is 7. The quantitative estimate of drug-likeness (QED) is 0.823. The summed E-state index contributed by atoms with van der Waals surface area (Å²) in [6, 6.07) is 1.57. The molecule has 136 valence electrons. The number of pyridine rings is 1. The van der Waals surface area contributed by atoms with Gasteiger partial charge in [-0.1, -0.05) is 11.6 Å². The molecule has 8 nitrogen and oxygen atoms in total. The zero-order chi connectivity index (χ0) is 18.3. The van der Waals surface area contributed by atoms with Gasteiger partial charge >= 0.3 is 0 Å². The molecule has 26 heavy (non-hydrogen) atoms. The molecule has 3 N–H and O–H groups in total. The molecule has 0 radical (unpaired) electrons. The Morgan fingerprint density at radius 1 is 1.38 bits per heavy atom. The van der Waals surface area contributed by atoms with Crippen LogP contribution in [0.15, 0.2) is 28.2 Å². The van der Waals surface area contributed by atoms with Gasteiger partial charge < -0.3 is 20.4 Å². The van der Waals surface area contributed by atoms with Crippen LogP contribution in [0.5, 0.6) is 5.75 Å². The van der Waals surface area contributed by atoms with Gasteiger partial charge in [-0.2, -0.15) is 0 Å². The number of nitrogens with zero attached hydrogens (tertiary/aromatic N) is 4. The molecular weight excluding hydrogens is 356 g/mol. The smallest absolute Gasteiger partial charge is 0.270 e. The number of halogens is 1. The molecule has 0 saturated carbocycles. The van der Waals surface area contributed by atoms with Crippen molar-refractivity contribution in [1.29, 1.82) is 0 Å². The largest absolute Gasteiger partial charge is 0.435 e. The number of H-pyrrole nitrogens is 1. The topological polar surface area (TPSA) is 109 Å². The summed E-state index contributed by atoms with van der Waals surface area (Å²) in [4.78, 5) is 29.8. The Hall–Kier alpha value is -2.45. The zero-order valence-electron chi connectivity index (χ0n) is 14.3. The predicted molar refractivity (Wildman–Crippen MR) is 99.0 cm³/mol. The van der Waals surface area contributed by atoms with E-state index in [0.29, 0.717) is 18.1 Å². The Morgan fingerprint density at radius 3 is 2.92 bits per heavy atom. The lowest BCUT2D eigenvalue weighted by molar-refractivity contribution is 0.363. The number of ether oxygens (including phenoxy) is 1. The number of aromatic nitrogens is 3. The number of anilines is 1. The molecule has 1 fully saturated rings. The predicted octanol–water partition coefficient (Wildman–Crippen LogP) is 1.48. The van der Waals surface area contributed by atoms with E-state index in [0.717, 1.165) is 37.4 Å². The summed E-state index contributed by atoms with van der Waals surface area (Å²) in [5.74, 6) is 1.38. The highest BCUT2D eigenvalue weighted by molar-refractivity contribution is 6.32. The fourth-order valence-corrected chi connectivity index (χ4v) is 3.19. The van der Waals surface area contributed by atoms with Crippen molar-refractivity contribution in [1.82, 2.24) is 15.0 Å². The third kappa shape index (κ3) is 3.17. The van der Waals surface area contributed by atoms with Gasteiger partial charge in [0.1, 0.15) is 16.5 Å². The van der Waals surface area contributed by atoms with Gasteiger partial charge in [0, 0.05) is 24.8 Å². The summed E-state index contributed by atoms with van der Waals surface area (Å²) < 4.78 is 5.69. The van der Waals surface area contributed by atoms with Crippen LogP contribution in [-0.2, 0) is 6.54 Å². The molecular formula is C17H19ClN6O2. The van der Waals surface area contributed by atoms with E-state index in [1.165, 1.54) is 6.20 Å². The lowest BCUT2D eigenvalue weighted by Crippen LogP contribution is -2.48. The van der Waals surface area contributed by atoms with Crippen molar-refractivity contribution in [3.63, 3.8) is 0 Å². The number of hydrogen-bond donors (Lipinski definition) is 2. The van der Waals surface area contributed by atoms with Gasteiger partial charge in [-0.25, -0.2) is 15.0 Å². The van der Waals surface area contributed by atoms with Gasteiger partial charge in [-0.15, -0.1) is 0 Å². The molecule has 0 unspecified atom stereocenters. The summed E-state index contributed by atoms with van der Waals surface area (Å²) in [6.45, 7) is 4.17. The SMILES string of the molecule is CC1(N)CCN(c2cnc3c(n2)CN=C3Oc2cc[nH]c(=O)c2Cl)CC1. The maximum absolute atomic E-state index is 11.6. The summed E-state index contributed by atoms with van der Waals surface area (Å²) in [5, 5.41) is -0.0219. The van der Waals surface area contributed by atoms with E-state index in [-0.39, 0.29) is 16.3 Å². The first-order valence-electron chi connectivity index (χ1n) is 8.42. The summed E-state index contributed by atoms with van der Waals surface area (Å²) in [6.07, 6.45) is 5.02. The van der Waals surface area contributed by atoms with Crippen LogP contribution in [0, 0.1) is 0 Å². The summed E-state index contributed by atoms with van der Waals surface area (Å²) >= 11 is 5.97. The first-order valence-corrected chi connectivity index (χ1v) is 8.80. The van der Waals surface area contributed by atoms with Crippen molar-refractivity contribution in [3.05, 3.63) is 45.2 Å². The van der Waals surface area contributed by atoms with Gasteiger partial charge in [0.2, 0.25) is 5.90 Å². The van der Waals surface area contributed by atoms with Gasteiger partial charge in [0.05, 0.1) is 18.4 Å². The normalized spacial score (nSPS) is 18.4. The van der Waals surface area contributed by atoms with E-state index < -0.39 is 5.56 Å². The highest BCUT2D eigenvalue weighted by atomic mass is 35.5. The second-order valence-electron chi connectivity index (χ2n) is 6.87. The molecule has 2 aliphatic heterocycles. The molecule has 0 atom stereocenters. The standard InChI is InChI=1S/C17H19ClN6O2/c1-17(19)3-6-24(7-4-17)12-9-21-14-10(23-12)8-22-16(14)26-11-2-5-20-15(25)13(11)18/h2,5,9H,3-4,6-8,19H2,1H3,(H,20,25).